The van der Waals surface area contributed by atoms with E-state index in [-0.39, 0.29) is 24.3 Å². The molecule has 156 valence electrons. The molecule has 0 radical (unpaired) electrons. The highest BCUT2D eigenvalue weighted by Gasteiger charge is 2.33. The molecule has 1 saturated carbocycles. The fourth-order valence-electron chi connectivity index (χ4n) is 3.88. The van der Waals surface area contributed by atoms with E-state index in [0.717, 1.165) is 35.0 Å². The van der Waals surface area contributed by atoms with E-state index in [9.17, 15) is 9.59 Å². The molecule has 1 aliphatic carbocycles. The number of rotatable bonds is 5. The van der Waals surface area contributed by atoms with Crippen molar-refractivity contribution < 1.29 is 19.1 Å². The molecule has 2 amide bonds. The zero-order valence-corrected chi connectivity index (χ0v) is 17.9. The summed E-state index contributed by atoms with van der Waals surface area (Å²) in [6.45, 7) is 4.51. The summed E-state index contributed by atoms with van der Waals surface area (Å²) in [6, 6.07) is 0. The third-order valence-corrected chi connectivity index (χ3v) is 6.97. The Balaban J connectivity index is 1.53. The van der Waals surface area contributed by atoms with E-state index >= 15 is 0 Å². The summed E-state index contributed by atoms with van der Waals surface area (Å²) in [5.41, 5.74) is 0.837. The van der Waals surface area contributed by atoms with Crippen LogP contribution in [-0.2, 0) is 16.1 Å². The van der Waals surface area contributed by atoms with E-state index in [1.54, 1.807) is 14.2 Å². The number of nitrogens with zero attached hydrogens (tertiary/aromatic N) is 4. The molecule has 1 saturated heterocycles. The normalized spacial score (nSPS) is 17.5. The molecule has 2 aliphatic rings. The standard InChI is InChI=1S/C20H26N4O4S/c1-12-15-17(28-3)21-14(11-27-2)22-18(15)29-16(12)20(26)24-9-7-23(8-10-24)19(25)13-5-4-6-13/h13H,4-11H2,1-3H3. The zero-order chi connectivity index (χ0) is 20.5. The van der Waals surface area contributed by atoms with Crippen LogP contribution < -0.4 is 4.74 Å². The van der Waals surface area contributed by atoms with Gasteiger partial charge in [-0.15, -0.1) is 11.3 Å². The van der Waals surface area contributed by atoms with E-state index in [0.29, 0.717) is 42.8 Å². The molecule has 29 heavy (non-hydrogen) atoms. The summed E-state index contributed by atoms with van der Waals surface area (Å²) in [5, 5.41) is 0.777. The molecule has 9 heteroatoms. The smallest absolute Gasteiger partial charge is 0.264 e. The molecule has 0 unspecified atom stereocenters. The second kappa shape index (κ2) is 8.23. The molecule has 0 N–H and O–H groups in total. The highest BCUT2D eigenvalue weighted by Crippen LogP contribution is 2.36. The minimum atomic E-state index is -0.0170. The molecule has 8 nitrogen and oxygen atoms in total. The van der Waals surface area contributed by atoms with Crippen molar-refractivity contribution in [1.29, 1.82) is 0 Å². The third kappa shape index (κ3) is 3.69. The van der Waals surface area contributed by atoms with Crippen LogP contribution in [0.15, 0.2) is 0 Å². The Morgan fingerprint density at radius 3 is 2.38 bits per heavy atom. The maximum atomic E-state index is 13.2. The first kappa shape index (κ1) is 20.0. The summed E-state index contributed by atoms with van der Waals surface area (Å²) in [6.07, 6.45) is 3.16. The van der Waals surface area contributed by atoms with Crippen molar-refractivity contribution in [3.8, 4) is 5.88 Å². The van der Waals surface area contributed by atoms with Gasteiger partial charge >= 0.3 is 0 Å². The van der Waals surface area contributed by atoms with Crippen LogP contribution >= 0.6 is 11.3 Å². The Morgan fingerprint density at radius 1 is 1.10 bits per heavy atom. The van der Waals surface area contributed by atoms with Gasteiger partial charge in [-0.1, -0.05) is 6.42 Å². The number of ether oxygens (including phenoxy) is 2. The fraction of sp³-hybridized carbons (Fsp3) is 0.600. The lowest BCUT2D eigenvalue weighted by Gasteiger charge is -2.38. The van der Waals surface area contributed by atoms with Gasteiger partial charge in [0.2, 0.25) is 11.8 Å². The number of hydrogen-bond donors (Lipinski definition) is 0. The van der Waals surface area contributed by atoms with Crippen molar-refractivity contribution in [3.05, 3.63) is 16.3 Å². The number of thiophene rings is 1. The molecule has 4 rings (SSSR count). The summed E-state index contributed by atoms with van der Waals surface area (Å²) in [4.78, 5) is 39.7. The minimum absolute atomic E-state index is 0.0170. The van der Waals surface area contributed by atoms with Crippen LogP contribution in [0.4, 0.5) is 0 Å². The topological polar surface area (TPSA) is 84.9 Å². The first-order valence-corrected chi connectivity index (χ1v) is 10.8. The van der Waals surface area contributed by atoms with Crippen LogP contribution in [0.5, 0.6) is 5.88 Å². The van der Waals surface area contributed by atoms with Crippen LogP contribution in [0.25, 0.3) is 10.2 Å². The Morgan fingerprint density at radius 2 is 1.79 bits per heavy atom. The Bertz CT molecular complexity index is 932. The molecular weight excluding hydrogens is 392 g/mol. The van der Waals surface area contributed by atoms with Crippen molar-refractivity contribution in [2.24, 2.45) is 5.92 Å². The van der Waals surface area contributed by atoms with Gasteiger partial charge in [0.25, 0.3) is 5.91 Å². The van der Waals surface area contributed by atoms with Gasteiger partial charge in [0.05, 0.1) is 17.4 Å². The molecule has 2 fully saturated rings. The Hall–Kier alpha value is -2.26. The minimum Gasteiger partial charge on any atom is -0.480 e. The molecule has 0 bridgehead atoms. The quantitative estimate of drug-likeness (QED) is 0.740. The lowest BCUT2D eigenvalue weighted by molar-refractivity contribution is -0.139. The van der Waals surface area contributed by atoms with Gasteiger partial charge in [-0.05, 0) is 25.3 Å². The summed E-state index contributed by atoms with van der Waals surface area (Å²) < 4.78 is 10.6. The number of amides is 2. The largest absolute Gasteiger partial charge is 0.480 e. The van der Waals surface area contributed by atoms with Gasteiger partial charge in [0.1, 0.15) is 11.4 Å². The van der Waals surface area contributed by atoms with Gasteiger partial charge < -0.3 is 19.3 Å². The molecule has 2 aromatic rings. The monoisotopic (exact) mass is 418 g/mol. The van der Waals surface area contributed by atoms with Crippen molar-refractivity contribution in [2.45, 2.75) is 32.8 Å². The maximum Gasteiger partial charge on any atom is 0.264 e. The molecule has 3 heterocycles. The first-order valence-electron chi connectivity index (χ1n) is 9.94. The second-order valence-electron chi connectivity index (χ2n) is 7.56. The average Bonchev–Trinajstić information content (AvgIpc) is 3.02. The number of methoxy groups -OCH3 is 2. The number of carbonyl (C=O) groups is 2. The maximum absolute atomic E-state index is 13.2. The van der Waals surface area contributed by atoms with E-state index in [1.807, 2.05) is 16.7 Å². The molecular formula is C20H26N4O4S. The SMILES string of the molecule is COCc1nc(OC)c2c(C)c(C(=O)N3CCN(C(=O)C4CCC4)CC3)sc2n1. The first-order chi connectivity index (χ1) is 14.0. The van der Waals surface area contributed by atoms with E-state index < -0.39 is 0 Å². The average molecular weight is 419 g/mol. The van der Waals surface area contributed by atoms with Crippen LogP contribution in [0.1, 0.15) is 40.3 Å². The van der Waals surface area contributed by atoms with Gasteiger partial charge in [0.15, 0.2) is 5.82 Å². The third-order valence-electron chi connectivity index (χ3n) is 5.80. The highest BCUT2D eigenvalue weighted by atomic mass is 32.1. The molecule has 2 aromatic heterocycles. The van der Waals surface area contributed by atoms with Crippen molar-refractivity contribution >= 4 is 33.4 Å². The number of hydrogen-bond acceptors (Lipinski definition) is 7. The summed E-state index contributed by atoms with van der Waals surface area (Å²) in [7, 11) is 3.15. The number of carbonyl (C=O) groups excluding carboxylic acids is 2. The predicted molar refractivity (Wildman–Crippen MR) is 109 cm³/mol. The van der Waals surface area contributed by atoms with Crippen LogP contribution in [0.3, 0.4) is 0 Å². The van der Waals surface area contributed by atoms with Gasteiger partial charge in [-0.3, -0.25) is 9.59 Å². The number of fused-ring (bicyclic) bond motifs is 1. The lowest BCUT2D eigenvalue weighted by atomic mass is 9.84. The number of aromatic nitrogens is 2. The molecule has 0 atom stereocenters. The number of piperazine rings is 1. The lowest BCUT2D eigenvalue weighted by Crippen LogP contribution is -2.52. The van der Waals surface area contributed by atoms with E-state index in [1.165, 1.54) is 11.3 Å². The molecule has 1 aliphatic heterocycles. The molecule has 0 aromatic carbocycles. The van der Waals surface area contributed by atoms with Gasteiger partial charge in [-0.2, -0.15) is 4.98 Å². The van der Waals surface area contributed by atoms with Crippen molar-refractivity contribution in [1.82, 2.24) is 19.8 Å². The Labute approximate surface area is 173 Å². The van der Waals surface area contributed by atoms with Crippen molar-refractivity contribution in [2.75, 3.05) is 40.4 Å². The number of aryl methyl sites for hydroxylation is 1. The molecule has 0 spiro atoms. The highest BCUT2D eigenvalue weighted by molar-refractivity contribution is 7.20. The van der Waals surface area contributed by atoms with Gasteiger partial charge in [0, 0.05) is 39.2 Å². The second-order valence-corrected chi connectivity index (χ2v) is 8.56. The van der Waals surface area contributed by atoms with E-state index in [4.69, 9.17) is 9.47 Å². The van der Waals surface area contributed by atoms with E-state index in [2.05, 4.69) is 9.97 Å². The summed E-state index contributed by atoms with van der Waals surface area (Å²) >= 11 is 1.36. The fourth-order valence-corrected chi connectivity index (χ4v) is 5.03. The van der Waals surface area contributed by atoms with Crippen molar-refractivity contribution in [3.63, 3.8) is 0 Å². The Kier molecular flexibility index (Phi) is 5.69. The van der Waals surface area contributed by atoms with Gasteiger partial charge in [-0.25, -0.2) is 4.98 Å². The summed E-state index contributed by atoms with van der Waals surface area (Å²) in [5.74, 6) is 1.43. The zero-order valence-electron chi connectivity index (χ0n) is 17.1. The predicted octanol–water partition coefficient (Wildman–Crippen LogP) is 2.24. The van der Waals surface area contributed by atoms with Crippen LogP contribution in [0.2, 0.25) is 0 Å². The van der Waals surface area contributed by atoms with Crippen LogP contribution in [-0.4, -0.2) is 72.0 Å². The van der Waals surface area contributed by atoms with Crippen LogP contribution in [0, 0.1) is 12.8 Å².